The van der Waals surface area contributed by atoms with Crippen molar-refractivity contribution >= 4 is 0 Å². The molecule has 1 aromatic carbocycles. The molecule has 100 valence electrons. The SMILES string of the molecule is Cc1ccc(CCN(C)CCNC2CC2)cc1C. The van der Waals surface area contributed by atoms with Crippen LogP contribution in [0.3, 0.4) is 0 Å². The monoisotopic (exact) mass is 246 g/mol. The van der Waals surface area contributed by atoms with Crippen molar-refractivity contribution in [1.82, 2.24) is 10.2 Å². The summed E-state index contributed by atoms with van der Waals surface area (Å²) in [6.07, 6.45) is 3.92. The van der Waals surface area contributed by atoms with E-state index in [0.717, 1.165) is 32.1 Å². The summed E-state index contributed by atoms with van der Waals surface area (Å²) in [6, 6.07) is 7.65. The maximum absolute atomic E-state index is 3.56. The zero-order chi connectivity index (χ0) is 13.0. The average Bonchev–Trinajstić information content (AvgIpc) is 3.15. The van der Waals surface area contributed by atoms with Gasteiger partial charge in [0.15, 0.2) is 0 Å². The van der Waals surface area contributed by atoms with Crippen LogP contribution in [0.2, 0.25) is 0 Å². The topological polar surface area (TPSA) is 15.3 Å². The average molecular weight is 246 g/mol. The molecule has 0 aromatic heterocycles. The number of likely N-dealkylation sites (N-methyl/N-ethyl adjacent to an activating group) is 1. The van der Waals surface area contributed by atoms with Gasteiger partial charge in [-0.2, -0.15) is 0 Å². The van der Waals surface area contributed by atoms with E-state index in [0.29, 0.717) is 0 Å². The van der Waals surface area contributed by atoms with Crippen molar-refractivity contribution in [1.29, 1.82) is 0 Å². The summed E-state index contributed by atoms with van der Waals surface area (Å²) < 4.78 is 0. The second kappa shape index (κ2) is 6.35. The fourth-order valence-corrected chi connectivity index (χ4v) is 2.14. The van der Waals surface area contributed by atoms with Gasteiger partial charge in [-0.1, -0.05) is 18.2 Å². The van der Waals surface area contributed by atoms with Crippen LogP contribution in [0.4, 0.5) is 0 Å². The normalized spacial score (nSPS) is 15.3. The van der Waals surface area contributed by atoms with E-state index < -0.39 is 0 Å². The van der Waals surface area contributed by atoms with Gasteiger partial charge in [0.05, 0.1) is 0 Å². The lowest BCUT2D eigenvalue weighted by Crippen LogP contribution is -2.31. The molecular weight excluding hydrogens is 220 g/mol. The molecule has 0 unspecified atom stereocenters. The highest BCUT2D eigenvalue weighted by molar-refractivity contribution is 5.30. The molecule has 0 radical (unpaired) electrons. The zero-order valence-corrected chi connectivity index (χ0v) is 12.0. The van der Waals surface area contributed by atoms with Gasteiger partial charge in [-0.25, -0.2) is 0 Å². The summed E-state index contributed by atoms with van der Waals surface area (Å²) in [5.41, 5.74) is 4.26. The molecule has 1 fully saturated rings. The fourth-order valence-electron chi connectivity index (χ4n) is 2.14. The van der Waals surface area contributed by atoms with Crippen molar-refractivity contribution in [2.45, 2.75) is 39.2 Å². The molecule has 0 heterocycles. The van der Waals surface area contributed by atoms with E-state index in [9.17, 15) is 0 Å². The van der Waals surface area contributed by atoms with E-state index in [-0.39, 0.29) is 0 Å². The smallest absolute Gasteiger partial charge is 0.0104 e. The number of hydrogen-bond acceptors (Lipinski definition) is 2. The summed E-state index contributed by atoms with van der Waals surface area (Å²) in [5, 5.41) is 3.56. The Bertz CT molecular complexity index is 383. The molecule has 0 bridgehead atoms. The molecule has 18 heavy (non-hydrogen) atoms. The first-order valence-corrected chi connectivity index (χ1v) is 7.13. The number of nitrogens with zero attached hydrogens (tertiary/aromatic N) is 1. The lowest BCUT2D eigenvalue weighted by molar-refractivity contribution is 0.335. The van der Waals surface area contributed by atoms with Gasteiger partial charge in [0.1, 0.15) is 0 Å². The summed E-state index contributed by atoms with van der Waals surface area (Å²) >= 11 is 0. The van der Waals surface area contributed by atoms with E-state index in [1.807, 2.05) is 0 Å². The molecule has 0 aliphatic heterocycles. The van der Waals surface area contributed by atoms with Gasteiger partial charge in [0.2, 0.25) is 0 Å². The highest BCUT2D eigenvalue weighted by atomic mass is 15.1. The van der Waals surface area contributed by atoms with E-state index in [1.165, 1.54) is 29.5 Å². The van der Waals surface area contributed by atoms with Gasteiger partial charge < -0.3 is 10.2 Å². The molecule has 2 heteroatoms. The van der Waals surface area contributed by atoms with Crippen molar-refractivity contribution in [3.8, 4) is 0 Å². The third-order valence-corrected chi connectivity index (χ3v) is 3.86. The largest absolute Gasteiger partial charge is 0.313 e. The second-order valence-electron chi connectivity index (χ2n) is 5.70. The minimum Gasteiger partial charge on any atom is -0.313 e. The molecule has 1 saturated carbocycles. The zero-order valence-electron chi connectivity index (χ0n) is 12.0. The maximum atomic E-state index is 3.56. The molecule has 0 atom stereocenters. The standard InChI is InChI=1S/C16H26N2/c1-13-4-5-15(12-14(13)2)8-10-18(3)11-9-17-16-6-7-16/h4-5,12,16-17H,6-11H2,1-3H3. The Kier molecular flexibility index (Phi) is 4.79. The predicted molar refractivity (Wildman–Crippen MR) is 78.1 cm³/mol. The Morgan fingerprint density at radius 2 is 1.94 bits per heavy atom. The number of hydrogen-bond donors (Lipinski definition) is 1. The van der Waals surface area contributed by atoms with Gasteiger partial charge in [-0.3, -0.25) is 0 Å². The number of aryl methyl sites for hydroxylation is 2. The van der Waals surface area contributed by atoms with Crippen LogP contribution in [0.5, 0.6) is 0 Å². The molecule has 0 spiro atoms. The van der Waals surface area contributed by atoms with Gasteiger partial charge >= 0.3 is 0 Å². The Labute approximate surface area is 111 Å². The van der Waals surface area contributed by atoms with Crippen molar-refractivity contribution < 1.29 is 0 Å². The minimum absolute atomic E-state index is 0.832. The van der Waals surface area contributed by atoms with Crippen LogP contribution in [-0.2, 0) is 6.42 Å². The molecule has 1 N–H and O–H groups in total. The van der Waals surface area contributed by atoms with E-state index in [1.54, 1.807) is 0 Å². The van der Waals surface area contributed by atoms with Crippen molar-refractivity contribution in [3.63, 3.8) is 0 Å². The number of rotatable bonds is 7. The van der Waals surface area contributed by atoms with Gasteiger partial charge in [0.25, 0.3) is 0 Å². The van der Waals surface area contributed by atoms with Crippen molar-refractivity contribution in [2.24, 2.45) is 0 Å². The lowest BCUT2D eigenvalue weighted by Gasteiger charge is -2.17. The Hall–Kier alpha value is -0.860. The van der Waals surface area contributed by atoms with Crippen LogP contribution in [0.25, 0.3) is 0 Å². The highest BCUT2D eigenvalue weighted by Gasteiger charge is 2.19. The van der Waals surface area contributed by atoms with Gasteiger partial charge in [0, 0.05) is 25.7 Å². The van der Waals surface area contributed by atoms with Crippen LogP contribution in [-0.4, -0.2) is 37.6 Å². The third kappa shape index (κ3) is 4.43. The van der Waals surface area contributed by atoms with Crippen LogP contribution >= 0.6 is 0 Å². The molecule has 2 nitrogen and oxygen atoms in total. The Balaban J connectivity index is 1.67. The lowest BCUT2D eigenvalue weighted by atomic mass is 10.0. The molecule has 1 aromatic rings. The van der Waals surface area contributed by atoms with Crippen molar-refractivity contribution in [2.75, 3.05) is 26.7 Å². The van der Waals surface area contributed by atoms with Gasteiger partial charge in [-0.15, -0.1) is 0 Å². The van der Waals surface area contributed by atoms with Crippen molar-refractivity contribution in [3.05, 3.63) is 34.9 Å². The first-order chi connectivity index (χ1) is 8.65. The van der Waals surface area contributed by atoms with Crippen LogP contribution in [0.15, 0.2) is 18.2 Å². The van der Waals surface area contributed by atoms with Crippen LogP contribution in [0.1, 0.15) is 29.5 Å². The van der Waals surface area contributed by atoms with E-state index in [2.05, 4.69) is 49.3 Å². The van der Waals surface area contributed by atoms with E-state index in [4.69, 9.17) is 0 Å². The quantitative estimate of drug-likeness (QED) is 0.795. The first-order valence-electron chi connectivity index (χ1n) is 7.13. The molecule has 0 amide bonds. The molecular formula is C16H26N2. The Morgan fingerprint density at radius 3 is 2.61 bits per heavy atom. The van der Waals surface area contributed by atoms with E-state index >= 15 is 0 Å². The summed E-state index contributed by atoms with van der Waals surface area (Å²) in [4.78, 5) is 2.42. The fraction of sp³-hybridized carbons (Fsp3) is 0.625. The Morgan fingerprint density at radius 1 is 1.17 bits per heavy atom. The van der Waals surface area contributed by atoms with Crippen LogP contribution in [0, 0.1) is 13.8 Å². The molecule has 2 rings (SSSR count). The minimum atomic E-state index is 0.832. The third-order valence-electron chi connectivity index (χ3n) is 3.86. The number of nitrogens with one attached hydrogen (secondary N) is 1. The first kappa shape index (κ1) is 13.6. The van der Waals surface area contributed by atoms with Gasteiger partial charge in [-0.05, 0) is 56.8 Å². The summed E-state index contributed by atoms with van der Waals surface area (Å²) in [6.45, 7) is 7.81. The molecule has 0 saturated heterocycles. The molecule has 1 aliphatic rings. The maximum Gasteiger partial charge on any atom is 0.0104 e. The molecule has 1 aliphatic carbocycles. The predicted octanol–water partition coefficient (Wildman–Crippen LogP) is 2.53. The second-order valence-corrected chi connectivity index (χ2v) is 5.70. The summed E-state index contributed by atoms with van der Waals surface area (Å²) in [5.74, 6) is 0. The number of benzene rings is 1. The van der Waals surface area contributed by atoms with Crippen LogP contribution < -0.4 is 5.32 Å². The summed E-state index contributed by atoms with van der Waals surface area (Å²) in [7, 11) is 2.22. The highest BCUT2D eigenvalue weighted by Crippen LogP contribution is 2.18.